The third-order valence-electron chi connectivity index (χ3n) is 1.93. The summed E-state index contributed by atoms with van der Waals surface area (Å²) in [6, 6.07) is 3.73. The van der Waals surface area contributed by atoms with Crippen LogP contribution in [0.3, 0.4) is 0 Å². The van der Waals surface area contributed by atoms with Gasteiger partial charge in [-0.05, 0) is 47.6 Å². The molecule has 0 N–H and O–H groups in total. The van der Waals surface area contributed by atoms with Crippen molar-refractivity contribution in [2.24, 2.45) is 5.92 Å². The topological polar surface area (TPSA) is 30.0 Å². The van der Waals surface area contributed by atoms with E-state index in [1.54, 1.807) is 6.20 Å². The zero-order valence-electron chi connectivity index (χ0n) is 6.46. The SMILES string of the molecule is O=C(c1ccc(I)cn1)C1CC1. The maximum Gasteiger partial charge on any atom is 0.184 e. The van der Waals surface area contributed by atoms with Gasteiger partial charge in [-0.15, -0.1) is 0 Å². The number of carbonyl (C=O) groups excluding carboxylic acids is 1. The first-order chi connectivity index (χ1) is 5.77. The first kappa shape index (κ1) is 8.16. The molecule has 0 unspecified atom stereocenters. The van der Waals surface area contributed by atoms with Crippen LogP contribution in [-0.2, 0) is 0 Å². The summed E-state index contributed by atoms with van der Waals surface area (Å²) in [5, 5.41) is 0. The molecule has 1 fully saturated rings. The maximum atomic E-state index is 11.5. The molecule has 62 valence electrons. The minimum atomic E-state index is 0.214. The molecule has 1 aromatic heterocycles. The van der Waals surface area contributed by atoms with Crippen LogP contribution in [0.4, 0.5) is 0 Å². The molecule has 0 bridgehead atoms. The highest BCUT2D eigenvalue weighted by atomic mass is 127. The van der Waals surface area contributed by atoms with Gasteiger partial charge in [0.1, 0.15) is 5.69 Å². The molecule has 0 radical (unpaired) electrons. The predicted molar refractivity (Wildman–Crippen MR) is 54.0 cm³/mol. The summed E-state index contributed by atoms with van der Waals surface area (Å²) >= 11 is 2.18. The molecule has 1 aliphatic carbocycles. The van der Waals surface area contributed by atoms with Gasteiger partial charge in [0.25, 0.3) is 0 Å². The summed E-state index contributed by atoms with van der Waals surface area (Å²) in [5.74, 6) is 0.490. The third-order valence-corrected chi connectivity index (χ3v) is 2.57. The molecule has 0 aliphatic heterocycles. The maximum absolute atomic E-state index is 11.5. The Labute approximate surface area is 84.5 Å². The molecule has 2 nitrogen and oxygen atoms in total. The number of nitrogens with zero attached hydrogens (tertiary/aromatic N) is 1. The van der Waals surface area contributed by atoms with E-state index in [1.165, 1.54) is 0 Å². The van der Waals surface area contributed by atoms with Crippen molar-refractivity contribution in [3.8, 4) is 0 Å². The highest BCUT2D eigenvalue weighted by Crippen LogP contribution is 2.31. The summed E-state index contributed by atoms with van der Waals surface area (Å²) in [4.78, 5) is 15.5. The van der Waals surface area contributed by atoms with Gasteiger partial charge in [0.15, 0.2) is 5.78 Å². The van der Waals surface area contributed by atoms with Crippen molar-refractivity contribution in [3.05, 3.63) is 27.6 Å². The number of ketones is 1. The quantitative estimate of drug-likeness (QED) is 0.611. The van der Waals surface area contributed by atoms with E-state index >= 15 is 0 Å². The monoisotopic (exact) mass is 273 g/mol. The van der Waals surface area contributed by atoms with E-state index in [4.69, 9.17) is 0 Å². The summed E-state index contributed by atoms with van der Waals surface area (Å²) < 4.78 is 1.07. The Morgan fingerprint density at radius 1 is 1.50 bits per heavy atom. The van der Waals surface area contributed by atoms with E-state index in [-0.39, 0.29) is 11.7 Å². The summed E-state index contributed by atoms with van der Waals surface area (Å²) in [6.45, 7) is 0. The van der Waals surface area contributed by atoms with Gasteiger partial charge >= 0.3 is 0 Å². The van der Waals surface area contributed by atoms with Gasteiger partial charge in [-0.1, -0.05) is 0 Å². The molecule has 1 heterocycles. The molecule has 0 saturated heterocycles. The van der Waals surface area contributed by atoms with Crippen LogP contribution in [0, 0.1) is 9.49 Å². The third kappa shape index (κ3) is 1.65. The lowest BCUT2D eigenvalue weighted by molar-refractivity contribution is 0.0963. The van der Waals surface area contributed by atoms with Crippen LogP contribution in [0.2, 0.25) is 0 Å². The number of Topliss-reactive ketones (excluding diaryl/α,β-unsaturated/α-hetero) is 1. The van der Waals surface area contributed by atoms with Crippen LogP contribution in [0.25, 0.3) is 0 Å². The second kappa shape index (κ2) is 3.12. The zero-order chi connectivity index (χ0) is 8.55. The van der Waals surface area contributed by atoms with Crippen molar-refractivity contribution in [1.82, 2.24) is 4.98 Å². The Morgan fingerprint density at radius 3 is 2.75 bits per heavy atom. The largest absolute Gasteiger partial charge is 0.292 e. The first-order valence-corrected chi connectivity index (χ1v) is 5.01. The lowest BCUT2D eigenvalue weighted by Gasteiger charge is -1.96. The second-order valence-electron chi connectivity index (χ2n) is 3.00. The van der Waals surface area contributed by atoms with Crippen molar-refractivity contribution in [2.75, 3.05) is 0 Å². The lowest BCUT2D eigenvalue weighted by Crippen LogP contribution is -2.03. The molecule has 0 atom stereocenters. The van der Waals surface area contributed by atoms with Crippen LogP contribution >= 0.6 is 22.6 Å². The fourth-order valence-electron chi connectivity index (χ4n) is 1.08. The van der Waals surface area contributed by atoms with Crippen LogP contribution in [-0.4, -0.2) is 10.8 Å². The lowest BCUT2D eigenvalue weighted by atomic mass is 10.2. The van der Waals surface area contributed by atoms with Crippen molar-refractivity contribution in [1.29, 1.82) is 0 Å². The van der Waals surface area contributed by atoms with Crippen molar-refractivity contribution >= 4 is 28.4 Å². The van der Waals surface area contributed by atoms with Crippen LogP contribution in [0.15, 0.2) is 18.3 Å². The van der Waals surface area contributed by atoms with Crippen molar-refractivity contribution in [3.63, 3.8) is 0 Å². The molecule has 0 aromatic carbocycles. The number of rotatable bonds is 2. The predicted octanol–water partition coefficient (Wildman–Crippen LogP) is 2.28. The molecule has 3 heteroatoms. The number of pyridine rings is 1. The Morgan fingerprint density at radius 2 is 2.25 bits per heavy atom. The Bertz CT molecular complexity index is 303. The van der Waals surface area contributed by atoms with Gasteiger partial charge in [-0.3, -0.25) is 9.78 Å². The molecule has 1 aliphatic rings. The molecule has 0 amide bonds. The fourth-order valence-corrected chi connectivity index (χ4v) is 1.40. The fraction of sp³-hybridized carbons (Fsp3) is 0.333. The smallest absolute Gasteiger partial charge is 0.184 e. The highest BCUT2D eigenvalue weighted by molar-refractivity contribution is 14.1. The van der Waals surface area contributed by atoms with Gasteiger partial charge in [0, 0.05) is 15.7 Å². The average molecular weight is 273 g/mol. The summed E-state index contributed by atoms with van der Waals surface area (Å²) in [7, 11) is 0. The highest BCUT2D eigenvalue weighted by Gasteiger charge is 2.30. The second-order valence-corrected chi connectivity index (χ2v) is 4.25. The molecule has 2 rings (SSSR count). The van der Waals surface area contributed by atoms with Crippen molar-refractivity contribution in [2.45, 2.75) is 12.8 Å². The minimum Gasteiger partial charge on any atom is -0.292 e. The van der Waals surface area contributed by atoms with Gasteiger partial charge < -0.3 is 0 Å². The van der Waals surface area contributed by atoms with E-state index in [0.717, 1.165) is 16.4 Å². The van der Waals surface area contributed by atoms with Crippen LogP contribution in [0.1, 0.15) is 23.3 Å². The number of hydrogen-bond donors (Lipinski definition) is 0. The molecule has 1 aromatic rings. The van der Waals surface area contributed by atoms with E-state index in [0.29, 0.717) is 5.69 Å². The summed E-state index contributed by atoms with van der Waals surface area (Å²) in [5.41, 5.74) is 0.623. The Hall–Kier alpha value is -0.450. The van der Waals surface area contributed by atoms with E-state index in [2.05, 4.69) is 27.6 Å². The van der Waals surface area contributed by atoms with Crippen LogP contribution < -0.4 is 0 Å². The number of carbonyl (C=O) groups is 1. The molecular weight excluding hydrogens is 265 g/mol. The molecule has 0 spiro atoms. The van der Waals surface area contributed by atoms with Gasteiger partial charge in [0.05, 0.1) is 0 Å². The van der Waals surface area contributed by atoms with Crippen LogP contribution in [0.5, 0.6) is 0 Å². The van der Waals surface area contributed by atoms with E-state index in [9.17, 15) is 4.79 Å². The molecule has 12 heavy (non-hydrogen) atoms. The number of aromatic nitrogens is 1. The molecule has 1 saturated carbocycles. The normalized spacial score (nSPS) is 16.1. The van der Waals surface area contributed by atoms with Gasteiger partial charge in [-0.2, -0.15) is 0 Å². The number of hydrogen-bond acceptors (Lipinski definition) is 2. The Kier molecular flexibility index (Phi) is 2.12. The van der Waals surface area contributed by atoms with E-state index < -0.39 is 0 Å². The average Bonchev–Trinajstić information content (AvgIpc) is 2.87. The molecular formula is C9H8INO. The van der Waals surface area contributed by atoms with Crippen molar-refractivity contribution < 1.29 is 4.79 Å². The van der Waals surface area contributed by atoms with Gasteiger partial charge in [-0.25, -0.2) is 0 Å². The summed E-state index contributed by atoms with van der Waals surface area (Å²) in [6.07, 6.45) is 3.83. The van der Waals surface area contributed by atoms with Gasteiger partial charge in [0.2, 0.25) is 0 Å². The zero-order valence-corrected chi connectivity index (χ0v) is 8.61. The first-order valence-electron chi connectivity index (χ1n) is 3.93. The van der Waals surface area contributed by atoms with E-state index in [1.807, 2.05) is 12.1 Å². The minimum absolute atomic E-state index is 0.214. The number of halogens is 1. The Balaban J connectivity index is 2.22. The standard InChI is InChI=1S/C9H8INO/c10-7-3-4-8(11-5-7)9(12)6-1-2-6/h3-6H,1-2H2.